The SMILES string of the molecule is CC(Oc1ccc(C(=O)Nc2ccc(Cl)cc2)cc1)C(=O)Nc1ccc(Oc2ccccc2)cc1. The highest BCUT2D eigenvalue weighted by Crippen LogP contribution is 2.23. The maximum absolute atomic E-state index is 12.6. The van der Waals surface area contributed by atoms with E-state index in [2.05, 4.69) is 10.6 Å². The van der Waals surface area contributed by atoms with Gasteiger partial charge in [0.25, 0.3) is 11.8 Å². The fraction of sp³-hybridized carbons (Fsp3) is 0.0714. The van der Waals surface area contributed by atoms with Crippen LogP contribution in [-0.4, -0.2) is 17.9 Å². The molecule has 7 heteroatoms. The van der Waals surface area contributed by atoms with Crippen molar-refractivity contribution in [1.82, 2.24) is 0 Å². The monoisotopic (exact) mass is 486 g/mol. The van der Waals surface area contributed by atoms with Crippen molar-refractivity contribution < 1.29 is 19.1 Å². The summed E-state index contributed by atoms with van der Waals surface area (Å²) >= 11 is 5.86. The van der Waals surface area contributed by atoms with Crippen LogP contribution in [-0.2, 0) is 4.79 Å². The van der Waals surface area contributed by atoms with Crippen molar-refractivity contribution in [3.8, 4) is 17.2 Å². The molecule has 35 heavy (non-hydrogen) atoms. The Hall–Kier alpha value is -4.29. The predicted molar refractivity (Wildman–Crippen MR) is 138 cm³/mol. The standard InChI is InChI=1S/C28H23ClN2O4/c1-19(27(32)30-23-13-17-26(18-14-23)35-24-5-3-2-4-6-24)34-25-15-7-20(8-16-25)28(33)31-22-11-9-21(29)10-12-22/h2-19H,1H3,(H,30,32)(H,31,33). The van der Waals surface area contributed by atoms with E-state index < -0.39 is 6.10 Å². The number of ether oxygens (including phenoxy) is 2. The molecule has 0 aliphatic heterocycles. The Labute approximate surface area is 208 Å². The maximum atomic E-state index is 12.6. The van der Waals surface area contributed by atoms with Gasteiger partial charge < -0.3 is 20.1 Å². The van der Waals surface area contributed by atoms with E-state index in [9.17, 15) is 9.59 Å². The summed E-state index contributed by atoms with van der Waals surface area (Å²) in [5.74, 6) is 1.32. The number of amides is 2. The van der Waals surface area contributed by atoms with E-state index in [1.54, 1.807) is 79.7 Å². The fourth-order valence-electron chi connectivity index (χ4n) is 3.15. The molecule has 0 fully saturated rings. The molecule has 1 unspecified atom stereocenters. The summed E-state index contributed by atoms with van der Waals surface area (Å²) in [6.07, 6.45) is -0.746. The van der Waals surface area contributed by atoms with Crippen LogP contribution in [0.2, 0.25) is 5.02 Å². The van der Waals surface area contributed by atoms with E-state index in [4.69, 9.17) is 21.1 Å². The molecule has 2 amide bonds. The van der Waals surface area contributed by atoms with E-state index in [0.29, 0.717) is 33.5 Å². The third kappa shape index (κ3) is 6.85. The van der Waals surface area contributed by atoms with Gasteiger partial charge in [0.15, 0.2) is 6.10 Å². The minimum atomic E-state index is -0.746. The average Bonchev–Trinajstić information content (AvgIpc) is 2.87. The first-order valence-electron chi connectivity index (χ1n) is 10.9. The number of anilines is 2. The molecule has 4 rings (SSSR count). The second-order valence-corrected chi connectivity index (χ2v) is 8.11. The Morgan fingerprint density at radius 3 is 1.89 bits per heavy atom. The van der Waals surface area contributed by atoms with Crippen molar-refractivity contribution in [2.24, 2.45) is 0 Å². The normalized spacial score (nSPS) is 11.3. The number of para-hydroxylation sites is 1. The second kappa shape index (κ2) is 11.2. The molecule has 0 heterocycles. The van der Waals surface area contributed by atoms with E-state index in [1.807, 2.05) is 30.3 Å². The Morgan fingerprint density at radius 1 is 0.686 bits per heavy atom. The summed E-state index contributed by atoms with van der Waals surface area (Å²) in [5, 5.41) is 6.21. The van der Waals surface area contributed by atoms with Gasteiger partial charge in [0.2, 0.25) is 0 Å². The van der Waals surface area contributed by atoms with Crippen molar-refractivity contribution in [3.05, 3.63) is 114 Å². The third-order valence-corrected chi connectivity index (χ3v) is 5.25. The van der Waals surface area contributed by atoms with Crippen LogP contribution in [0, 0.1) is 0 Å². The number of rotatable bonds is 8. The molecule has 4 aromatic carbocycles. The molecule has 0 aliphatic rings. The van der Waals surface area contributed by atoms with Gasteiger partial charge in [0.05, 0.1) is 0 Å². The zero-order valence-electron chi connectivity index (χ0n) is 18.9. The van der Waals surface area contributed by atoms with Crippen molar-refractivity contribution in [1.29, 1.82) is 0 Å². The lowest BCUT2D eigenvalue weighted by molar-refractivity contribution is -0.122. The van der Waals surface area contributed by atoms with E-state index >= 15 is 0 Å². The van der Waals surface area contributed by atoms with Crippen LogP contribution >= 0.6 is 11.6 Å². The molecule has 0 aliphatic carbocycles. The summed E-state index contributed by atoms with van der Waals surface area (Å²) in [7, 11) is 0. The van der Waals surface area contributed by atoms with Crippen molar-refractivity contribution in [2.75, 3.05) is 10.6 Å². The minimum absolute atomic E-state index is 0.260. The number of carbonyl (C=O) groups is 2. The van der Waals surface area contributed by atoms with Gasteiger partial charge in [0.1, 0.15) is 17.2 Å². The fourth-order valence-corrected chi connectivity index (χ4v) is 3.28. The summed E-state index contributed by atoms with van der Waals surface area (Å²) in [6.45, 7) is 1.66. The molecule has 6 nitrogen and oxygen atoms in total. The number of hydrogen-bond donors (Lipinski definition) is 2. The molecule has 0 bridgehead atoms. The summed E-state index contributed by atoms with van der Waals surface area (Å²) in [6, 6.07) is 30.0. The highest BCUT2D eigenvalue weighted by Gasteiger charge is 2.15. The first kappa shape index (κ1) is 23.9. The van der Waals surface area contributed by atoms with Crippen LogP contribution in [0.3, 0.4) is 0 Å². The first-order valence-corrected chi connectivity index (χ1v) is 11.3. The lowest BCUT2D eigenvalue weighted by Gasteiger charge is -2.15. The minimum Gasteiger partial charge on any atom is -0.481 e. The van der Waals surface area contributed by atoms with Crippen LogP contribution < -0.4 is 20.1 Å². The van der Waals surface area contributed by atoms with Crippen LogP contribution in [0.5, 0.6) is 17.2 Å². The summed E-state index contributed by atoms with van der Waals surface area (Å²) < 4.78 is 11.5. The van der Waals surface area contributed by atoms with Gasteiger partial charge in [-0.3, -0.25) is 9.59 Å². The van der Waals surface area contributed by atoms with Crippen molar-refractivity contribution >= 4 is 34.8 Å². The molecule has 1 atom stereocenters. The first-order chi connectivity index (χ1) is 17.0. The molecule has 0 saturated carbocycles. The number of hydrogen-bond acceptors (Lipinski definition) is 4. The van der Waals surface area contributed by atoms with Crippen molar-refractivity contribution in [2.45, 2.75) is 13.0 Å². The number of carbonyl (C=O) groups excluding carboxylic acids is 2. The molecular weight excluding hydrogens is 464 g/mol. The van der Waals surface area contributed by atoms with Gasteiger partial charge in [-0.25, -0.2) is 0 Å². The average molecular weight is 487 g/mol. The molecule has 0 saturated heterocycles. The predicted octanol–water partition coefficient (Wildman–Crippen LogP) is 6.79. The molecule has 2 N–H and O–H groups in total. The largest absolute Gasteiger partial charge is 0.481 e. The Morgan fingerprint density at radius 2 is 1.23 bits per heavy atom. The van der Waals surface area contributed by atoms with Crippen molar-refractivity contribution in [3.63, 3.8) is 0 Å². The third-order valence-electron chi connectivity index (χ3n) is 5.00. The van der Waals surface area contributed by atoms with E-state index in [0.717, 1.165) is 5.75 Å². The zero-order valence-corrected chi connectivity index (χ0v) is 19.7. The zero-order chi connectivity index (χ0) is 24.6. The topological polar surface area (TPSA) is 76.7 Å². The Kier molecular flexibility index (Phi) is 7.65. The Bertz CT molecular complexity index is 1280. The van der Waals surface area contributed by atoms with Gasteiger partial charge in [-0.05, 0) is 91.9 Å². The van der Waals surface area contributed by atoms with Gasteiger partial charge in [0, 0.05) is 22.0 Å². The molecule has 176 valence electrons. The smallest absolute Gasteiger partial charge is 0.265 e. The number of nitrogens with one attached hydrogen (secondary N) is 2. The highest BCUT2D eigenvalue weighted by molar-refractivity contribution is 6.30. The van der Waals surface area contributed by atoms with Gasteiger partial charge >= 0.3 is 0 Å². The molecule has 0 radical (unpaired) electrons. The molecular formula is C28H23ClN2O4. The van der Waals surface area contributed by atoms with Crippen LogP contribution in [0.15, 0.2) is 103 Å². The molecule has 0 spiro atoms. The number of halogens is 1. The van der Waals surface area contributed by atoms with Crippen LogP contribution in [0.1, 0.15) is 17.3 Å². The van der Waals surface area contributed by atoms with Gasteiger partial charge in [-0.1, -0.05) is 29.8 Å². The lowest BCUT2D eigenvalue weighted by Crippen LogP contribution is -2.30. The summed E-state index contributed by atoms with van der Waals surface area (Å²) in [5.41, 5.74) is 1.73. The van der Waals surface area contributed by atoms with E-state index in [-0.39, 0.29) is 11.8 Å². The molecule has 0 aromatic heterocycles. The molecule has 4 aromatic rings. The van der Waals surface area contributed by atoms with E-state index in [1.165, 1.54) is 0 Å². The summed E-state index contributed by atoms with van der Waals surface area (Å²) in [4.78, 5) is 25.0. The van der Waals surface area contributed by atoms with Crippen LogP contribution in [0.4, 0.5) is 11.4 Å². The van der Waals surface area contributed by atoms with Gasteiger partial charge in [-0.15, -0.1) is 0 Å². The van der Waals surface area contributed by atoms with Crippen LogP contribution in [0.25, 0.3) is 0 Å². The highest BCUT2D eigenvalue weighted by atomic mass is 35.5. The second-order valence-electron chi connectivity index (χ2n) is 7.67. The number of benzene rings is 4. The quantitative estimate of drug-likeness (QED) is 0.287. The maximum Gasteiger partial charge on any atom is 0.265 e. The van der Waals surface area contributed by atoms with Gasteiger partial charge in [-0.2, -0.15) is 0 Å². The lowest BCUT2D eigenvalue weighted by atomic mass is 10.2. The Balaban J connectivity index is 1.28.